The molecule has 7 aromatic rings. The Bertz CT molecular complexity index is 2230. The summed E-state index contributed by atoms with van der Waals surface area (Å²) in [6.07, 6.45) is 10.5. The van der Waals surface area contributed by atoms with Crippen LogP contribution in [0.4, 0.5) is 0 Å². The summed E-state index contributed by atoms with van der Waals surface area (Å²) in [6.45, 7) is 5.98. The zero-order valence-corrected chi connectivity index (χ0v) is 26.6. The molecule has 0 N–H and O–H groups in total. The number of hydrogen-bond donors (Lipinski definition) is 0. The Labute approximate surface area is 275 Å². The molecule has 1 atom stereocenters. The molecule has 0 aliphatic heterocycles. The normalized spacial score (nSPS) is 12.7. The minimum absolute atomic E-state index is 0.153. The third-order valence-corrected chi connectivity index (χ3v) is 8.54. The van der Waals surface area contributed by atoms with Crippen LogP contribution in [0.2, 0.25) is 0 Å². The molecule has 228 valence electrons. The van der Waals surface area contributed by atoms with Crippen molar-refractivity contribution in [3.05, 3.63) is 164 Å². The van der Waals surface area contributed by atoms with Crippen LogP contribution in [-0.2, 0) is 6.42 Å². The molecule has 3 heterocycles. The predicted molar refractivity (Wildman–Crippen MR) is 198 cm³/mol. The number of nitrogens with zero attached hydrogens (tertiary/aromatic N) is 4. The molecule has 3 aromatic heterocycles. The SMILES string of the molecule is C=CC/C=C\C(=N/C(C)CCc1ccc(-c2ccc3ccc4c(-c5ccccc5)c5ccccc5nc4c3n2)cc1)c1ccccn1. The first-order valence-electron chi connectivity index (χ1n) is 16.2. The second-order valence-electron chi connectivity index (χ2n) is 11.8. The van der Waals surface area contributed by atoms with Crippen molar-refractivity contribution in [3.63, 3.8) is 0 Å². The van der Waals surface area contributed by atoms with Gasteiger partial charge in [0.05, 0.1) is 33.6 Å². The summed E-state index contributed by atoms with van der Waals surface area (Å²) in [5.41, 5.74) is 10.3. The predicted octanol–water partition coefficient (Wildman–Crippen LogP) is 10.6. The highest BCUT2D eigenvalue weighted by atomic mass is 14.8. The zero-order valence-electron chi connectivity index (χ0n) is 26.6. The van der Waals surface area contributed by atoms with E-state index < -0.39 is 0 Å². The van der Waals surface area contributed by atoms with Crippen LogP contribution in [0.25, 0.3) is 55.1 Å². The number of para-hydroxylation sites is 1. The number of fused-ring (bicyclic) bond motifs is 4. The van der Waals surface area contributed by atoms with Crippen molar-refractivity contribution in [2.45, 2.75) is 32.2 Å². The molecule has 0 spiro atoms. The second kappa shape index (κ2) is 13.7. The first kappa shape index (κ1) is 29.9. The molecule has 4 aromatic carbocycles. The smallest absolute Gasteiger partial charge is 0.0978 e. The van der Waals surface area contributed by atoms with Gasteiger partial charge in [0, 0.05) is 39.5 Å². The minimum atomic E-state index is 0.153. The average molecular weight is 609 g/mol. The van der Waals surface area contributed by atoms with Gasteiger partial charge in [-0.15, -0.1) is 6.58 Å². The van der Waals surface area contributed by atoms with E-state index in [1.54, 1.807) is 0 Å². The van der Waals surface area contributed by atoms with E-state index in [4.69, 9.17) is 15.0 Å². The Hall–Kier alpha value is -5.74. The van der Waals surface area contributed by atoms with Crippen molar-refractivity contribution in [3.8, 4) is 22.4 Å². The quantitative estimate of drug-likeness (QED) is 0.0672. The number of allylic oxidation sites excluding steroid dienone is 3. The van der Waals surface area contributed by atoms with Crippen LogP contribution in [0.1, 0.15) is 31.0 Å². The minimum Gasteiger partial charge on any atom is -0.280 e. The van der Waals surface area contributed by atoms with Gasteiger partial charge in [-0.3, -0.25) is 9.98 Å². The van der Waals surface area contributed by atoms with E-state index in [1.807, 2.05) is 30.5 Å². The highest BCUT2D eigenvalue weighted by Crippen LogP contribution is 2.37. The van der Waals surface area contributed by atoms with Crippen molar-refractivity contribution in [1.82, 2.24) is 15.0 Å². The van der Waals surface area contributed by atoms with Crippen LogP contribution in [0, 0.1) is 0 Å². The zero-order chi connectivity index (χ0) is 32.0. The molecule has 1 unspecified atom stereocenters. The van der Waals surface area contributed by atoms with Crippen molar-refractivity contribution in [2.24, 2.45) is 4.99 Å². The van der Waals surface area contributed by atoms with E-state index in [0.29, 0.717) is 0 Å². The van der Waals surface area contributed by atoms with Gasteiger partial charge in [0.15, 0.2) is 0 Å². The number of aryl methyl sites for hydroxylation is 1. The maximum atomic E-state index is 5.21. The Kier molecular flexibility index (Phi) is 8.74. The molecule has 0 radical (unpaired) electrons. The molecule has 0 aliphatic carbocycles. The number of hydrogen-bond acceptors (Lipinski definition) is 4. The van der Waals surface area contributed by atoms with E-state index in [1.165, 1.54) is 16.7 Å². The highest BCUT2D eigenvalue weighted by Gasteiger charge is 2.15. The molecule has 0 amide bonds. The van der Waals surface area contributed by atoms with Crippen molar-refractivity contribution < 1.29 is 0 Å². The highest BCUT2D eigenvalue weighted by molar-refractivity contribution is 6.16. The summed E-state index contributed by atoms with van der Waals surface area (Å²) in [5, 5.41) is 3.34. The van der Waals surface area contributed by atoms with E-state index in [0.717, 1.165) is 74.6 Å². The fourth-order valence-corrected chi connectivity index (χ4v) is 6.12. The van der Waals surface area contributed by atoms with Crippen molar-refractivity contribution >= 4 is 38.4 Å². The van der Waals surface area contributed by atoms with Crippen LogP contribution in [0.5, 0.6) is 0 Å². The summed E-state index contributed by atoms with van der Waals surface area (Å²) in [7, 11) is 0. The molecule has 4 heteroatoms. The largest absolute Gasteiger partial charge is 0.280 e. The van der Waals surface area contributed by atoms with Gasteiger partial charge in [0.2, 0.25) is 0 Å². The Balaban J connectivity index is 1.16. The number of rotatable bonds is 10. The monoisotopic (exact) mass is 608 g/mol. The lowest BCUT2D eigenvalue weighted by Gasteiger charge is -2.13. The fourth-order valence-electron chi connectivity index (χ4n) is 6.12. The van der Waals surface area contributed by atoms with Crippen LogP contribution >= 0.6 is 0 Å². The number of benzene rings is 4. The third-order valence-electron chi connectivity index (χ3n) is 8.54. The molecule has 4 nitrogen and oxygen atoms in total. The van der Waals surface area contributed by atoms with Crippen LogP contribution in [0.15, 0.2) is 157 Å². The van der Waals surface area contributed by atoms with Crippen LogP contribution < -0.4 is 0 Å². The average Bonchev–Trinajstić information content (AvgIpc) is 3.13. The topological polar surface area (TPSA) is 51.0 Å². The molecule has 0 fully saturated rings. The maximum absolute atomic E-state index is 5.21. The summed E-state index contributed by atoms with van der Waals surface area (Å²) < 4.78 is 0. The number of pyridine rings is 3. The van der Waals surface area contributed by atoms with Gasteiger partial charge in [0.1, 0.15) is 0 Å². The lowest BCUT2D eigenvalue weighted by atomic mass is 9.95. The lowest BCUT2D eigenvalue weighted by Crippen LogP contribution is -2.08. The first-order valence-corrected chi connectivity index (χ1v) is 16.2. The fraction of sp³-hybridized carbons (Fsp3) is 0.116. The summed E-state index contributed by atoms with van der Waals surface area (Å²) in [5.74, 6) is 0. The first-order chi connectivity index (χ1) is 23.2. The van der Waals surface area contributed by atoms with Crippen molar-refractivity contribution in [1.29, 1.82) is 0 Å². The molecular weight excluding hydrogens is 573 g/mol. The standard InChI is InChI=1S/C43H36N4/c1-3-4-6-18-40(39-17-11-12-29-44-39)45-30(2)19-20-31-21-23-32(24-22-31)37-28-26-34-25-27-36-41(33-13-7-5-8-14-33)35-15-9-10-16-38(35)47-43(36)42(34)46-37/h3,5-18,21-30H,1,4,19-20H2,2H3/b18-6-,45-40+. The van der Waals surface area contributed by atoms with E-state index in [-0.39, 0.29) is 6.04 Å². The van der Waals surface area contributed by atoms with Gasteiger partial charge in [-0.05, 0) is 67.7 Å². The Morgan fingerprint density at radius 3 is 2.34 bits per heavy atom. The van der Waals surface area contributed by atoms with Gasteiger partial charge >= 0.3 is 0 Å². The van der Waals surface area contributed by atoms with Gasteiger partial charge in [-0.25, -0.2) is 9.97 Å². The molecule has 47 heavy (non-hydrogen) atoms. The Morgan fingerprint density at radius 2 is 1.53 bits per heavy atom. The molecule has 7 rings (SSSR count). The van der Waals surface area contributed by atoms with E-state index >= 15 is 0 Å². The summed E-state index contributed by atoms with van der Waals surface area (Å²) in [4.78, 5) is 19.9. The van der Waals surface area contributed by atoms with Gasteiger partial charge in [0.25, 0.3) is 0 Å². The maximum Gasteiger partial charge on any atom is 0.0978 e. The van der Waals surface area contributed by atoms with Gasteiger partial charge < -0.3 is 0 Å². The lowest BCUT2D eigenvalue weighted by molar-refractivity contribution is 0.669. The van der Waals surface area contributed by atoms with Crippen LogP contribution in [0.3, 0.4) is 0 Å². The molecule has 0 saturated carbocycles. The molecule has 0 aliphatic rings. The van der Waals surface area contributed by atoms with Gasteiger partial charge in [-0.1, -0.05) is 109 Å². The molecular formula is C43H36N4. The summed E-state index contributed by atoms with van der Waals surface area (Å²) >= 11 is 0. The van der Waals surface area contributed by atoms with Crippen LogP contribution in [-0.4, -0.2) is 26.7 Å². The number of aliphatic imine (C=N–C) groups is 1. The van der Waals surface area contributed by atoms with Crippen molar-refractivity contribution in [2.75, 3.05) is 0 Å². The molecule has 0 saturated heterocycles. The Morgan fingerprint density at radius 1 is 0.745 bits per heavy atom. The van der Waals surface area contributed by atoms with Gasteiger partial charge in [-0.2, -0.15) is 0 Å². The molecule has 0 bridgehead atoms. The summed E-state index contributed by atoms with van der Waals surface area (Å²) in [6, 6.07) is 42.5. The van der Waals surface area contributed by atoms with E-state index in [9.17, 15) is 0 Å². The third kappa shape index (κ3) is 6.49. The van der Waals surface area contributed by atoms with E-state index in [2.05, 4.69) is 134 Å². The number of aromatic nitrogens is 3. The second-order valence-corrected chi connectivity index (χ2v) is 11.8.